The number of benzene rings is 1. The summed E-state index contributed by atoms with van der Waals surface area (Å²) in [6, 6.07) is 8.28. The summed E-state index contributed by atoms with van der Waals surface area (Å²) >= 11 is 2.92. The highest BCUT2D eigenvalue weighted by Gasteiger charge is 2.32. The number of amides is 1. The van der Waals surface area contributed by atoms with E-state index in [1.54, 1.807) is 7.11 Å². The van der Waals surface area contributed by atoms with Crippen LogP contribution in [0.3, 0.4) is 0 Å². The Morgan fingerprint density at radius 3 is 2.70 bits per heavy atom. The van der Waals surface area contributed by atoms with Gasteiger partial charge in [-0.1, -0.05) is 35.2 Å². The topological polar surface area (TPSA) is 67.3 Å². The fourth-order valence-corrected chi connectivity index (χ4v) is 5.40. The summed E-state index contributed by atoms with van der Waals surface area (Å²) in [4.78, 5) is 15.0. The highest BCUT2D eigenvalue weighted by molar-refractivity contribution is 8.02. The second-order valence-electron chi connectivity index (χ2n) is 6.83. The van der Waals surface area contributed by atoms with Crippen LogP contribution in [0.5, 0.6) is 5.75 Å². The monoisotopic (exact) mass is 406 g/mol. The van der Waals surface area contributed by atoms with Crippen LogP contribution in [0, 0.1) is 0 Å². The Morgan fingerprint density at radius 2 is 2.00 bits per heavy atom. The second kappa shape index (κ2) is 8.93. The van der Waals surface area contributed by atoms with Crippen molar-refractivity contribution >= 4 is 39.8 Å². The minimum atomic E-state index is -0.180. The Kier molecular flexibility index (Phi) is 6.59. The van der Waals surface area contributed by atoms with E-state index in [1.807, 2.05) is 31.2 Å². The number of likely N-dealkylation sites (tertiary alicyclic amines) is 1. The number of nitrogens with one attached hydrogen (secondary N) is 1. The van der Waals surface area contributed by atoms with Gasteiger partial charge >= 0.3 is 0 Å². The number of hydrogen-bond donors (Lipinski definition) is 1. The van der Waals surface area contributed by atoms with E-state index in [1.165, 1.54) is 29.5 Å². The smallest absolute Gasteiger partial charge is 0.236 e. The van der Waals surface area contributed by atoms with E-state index in [0.717, 1.165) is 28.6 Å². The molecule has 1 saturated heterocycles. The van der Waals surface area contributed by atoms with Crippen molar-refractivity contribution in [1.82, 2.24) is 15.1 Å². The minimum Gasteiger partial charge on any atom is -0.495 e. The number of ether oxygens (including phenoxy) is 1. The fraction of sp³-hybridized carbons (Fsp3) is 0.526. The molecule has 1 aliphatic rings. The lowest BCUT2D eigenvalue weighted by atomic mass is 9.97. The summed E-state index contributed by atoms with van der Waals surface area (Å²) in [5.74, 6) is 0.938. The fourth-order valence-electron chi connectivity index (χ4n) is 3.44. The number of methoxy groups -OCH3 is 1. The molecule has 3 atom stereocenters. The van der Waals surface area contributed by atoms with Crippen LogP contribution in [0.25, 0.3) is 0 Å². The Labute approximate surface area is 168 Å². The first-order chi connectivity index (χ1) is 13.0. The van der Waals surface area contributed by atoms with Gasteiger partial charge in [0.1, 0.15) is 5.75 Å². The maximum Gasteiger partial charge on any atom is 0.236 e. The third-order valence-corrected chi connectivity index (χ3v) is 6.84. The van der Waals surface area contributed by atoms with Crippen LogP contribution in [0.1, 0.15) is 40.0 Å². The molecular weight excluding hydrogens is 380 g/mol. The molecule has 0 spiro atoms. The predicted octanol–water partition coefficient (Wildman–Crippen LogP) is 4.56. The van der Waals surface area contributed by atoms with Gasteiger partial charge in [0.05, 0.1) is 18.0 Å². The predicted molar refractivity (Wildman–Crippen MR) is 111 cm³/mol. The summed E-state index contributed by atoms with van der Waals surface area (Å²) in [6.45, 7) is 6.24. The summed E-state index contributed by atoms with van der Waals surface area (Å²) < 4.78 is 6.13. The number of piperidine rings is 1. The summed E-state index contributed by atoms with van der Waals surface area (Å²) in [6.07, 6.45) is 3.36. The van der Waals surface area contributed by atoms with Gasteiger partial charge < -0.3 is 15.0 Å². The molecule has 8 heteroatoms. The van der Waals surface area contributed by atoms with Crippen LogP contribution in [0.15, 0.2) is 28.6 Å². The van der Waals surface area contributed by atoms with Crippen molar-refractivity contribution in [3.05, 3.63) is 24.3 Å². The largest absolute Gasteiger partial charge is 0.495 e. The van der Waals surface area contributed by atoms with Crippen LogP contribution in [0.2, 0.25) is 0 Å². The summed E-state index contributed by atoms with van der Waals surface area (Å²) in [5.41, 5.74) is 0.841. The Balaban J connectivity index is 1.64. The average molecular weight is 407 g/mol. The van der Waals surface area contributed by atoms with Gasteiger partial charge in [0, 0.05) is 12.1 Å². The molecule has 27 heavy (non-hydrogen) atoms. The Hall–Kier alpha value is -1.80. The second-order valence-corrected chi connectivity index (χ2v) is 9.40. The lowest BCUT2D eigenvalue weighted by Gasteiger charge is -2.40. The zero-order chi connectivity index (χ0) is 19.4. The number of aromatic nitrogens is 2. The van der Waals surface area contributed by atoms with E-state index in [4.69, 9.17) is 4.74 Å². The van der Waals surface area contributed by atoms with Crippen LogP contribution >= 0.6 is 23.1 Å². The number of thioether (sulfide) groups is 1. The number of rotatable bonds is 6. The SMILES string of the molecule is COc1ccccc1Nc1nnc(S[C@H](C)C(=O)N2[C@H](C)CCC[C@@H]2C)s1. The molecule has 146 valence electrons. The van der Waals surface area contributed by atoms with E-state index >= 15 is 0 Å². The molecule has 0 aliphatic carbocycles. The van der Waals surface area contributed by atoms with E-state index in [-0.39, 0.29) is 11.2 Å². The number of carbonyl (C=O) groups is 1. The number of para-hydroxylation sites is 2. The molecule has 1 amide bonds. The highest BCUT2D eigenvalue weighted by atomic mass is 32.2. The van der Waals surface area contributed by atoms with Crippen molar-refractivity contribution < 1.29 is 9.53 Å². The zero-order valence-corrected chi connectivity index (χ0v) is 17.8. The van der Waals surface area contributed by atoms with E-state index < -0.39 is 0 Å². The third-order valence-electron chi connectivity index (χ3n) is 4.83. The van der Waals surface area contributed by atoms with Crippen LogP contribution < -0.4 is 10.1 Å². The van der Waals surface area contributed by atoms with Crippen molar-refractivity contribution in [3.63, 3.8) is 0 Å². The van der Waals surface area contributed by atoms with E-state index in [2.05, 4.69) is 34.3 Å². The quantitative estimate of drug-likeness (QED) is 0.709. The first-order valence-corrected chi connectivity index (χ1v) is 10.9. The molecule has 2 heterocycles. The molecule has 1 aromatic heterocycles. The standard InChI is InChI=1S/C19H26N4O2S2/c1-12-8-7-9-13(2)23(12)17(24)14(3)26-19-22-21-18(27-19)20-15-10-5-6-11-16(15)25-4/h5-6,10-14H,7-9H2,1-4H3,(H,20,21)/t12-,13+,14-/m1/s1. The maximum atomic E-state index is 12.9. The number of anilines is 2. The normalized spacial score (nSPS) is 21.0. The third kappa shape index (κ3) is 4.73. The van der Waals surface area contributed by atoms with Crippen molar-refractivity contribution in [3.8, 4) is 5.75 Å². The molecule has 0 bridgehead atoms. The number of carbonyl (C=O) groups excluding carboxylic acids is 1. The van der Waals surface area contributed by atoms with Crippen molar-refractivity contribution in [2.24, 2.45) is 0 Å². The van der Waals surface area contributed by atoms with E-state index in [0.29, 0.717) is 17.2 Å². The minimum absolute atomic E-state index is 0.180. The molecule has 2 aromatic rings. The first-order valence-electron chi connectivity index (χ1n) is 9.22. The summed E-state index contributed by atoms with van der Waals surface area (Å²) in [7, 11) is 1.64. The van der Waals surface area contributed by atoms with Crippen molar-refractivity contribution in [1.29, 1.82) is 0 Å². The molecule has 1 aromatic carbocycles. The van der Waals surface area contributed by atoms with Gasteiger partial charge in [0.25, 0.3) is 0 Å². The van der Waals surface area contributed by atoms with Crippen molar-refractivity contribution in [2.45, 2.75) is 61.7 Å². The van der Waals surface area contributed by atoms with Crippen LogP contribution in [0.4, 0.5) is 10.8 Å². The van der Waals surface area contributed by atoms with Gasteiger partial charge in [-0.25, -0.2) is 0 Å². The number of nitrogens with zero attached hydrogens (tertiary/aromatic N) is 3. The molecule has 1 fully saturated rings. The molecule has 0 saturated carbocycles. The molecular formula is C19H26N4O2S2. The highest BCUT2D eigenvalue weighted by Crippen LogP contribution is 2.34. The van der Waals surface area contributed by atoms with Gasteiger partial charge in [-0.15, -0.1) is 10.2 Å². The van der Waals surface area contributed by atoms with Gasteiger partial charge in [-0.2, -0.15) is 0 Å². The first kappa shape index (κ1) is 19.9. The molecule has 1 aliphatic heterocycles. The summed E-state index contributed by atoms with van der Waals surface area (Å²) in [5, 5.41) is 12.2. The Bertz CT molecular complexity index is 773. The van der Waals surface area contributed by atoms with Gasteiger partial charge in [0.15, 0.2) is 4.34 Å². The van der Waals surface area contributed by atoms with E-state index in [9.17, 15) is 4.79 Å². The van der Waals surface area contributed by atoms with Gasteiger partial charge in [-0.3, -0.25) is 4.79 Å². The van der Waals surface area contributed by atoms with Crippen molar-refractivity contribution in [2.75, 3.05) is 12.4 Å². The van der Waals surface area contributed by atoms with Crippen LogP contribution in [-0.2, 0) is 4.79 Å². The average Bonchev–Trinajstić information content (AvgIpc) is 3.08. The number of hydrogen-bond acceptors (Lipinski definition) is 7. The molecule has 0 unspecified atom stereocenters. The zero-order valence-electron chi connectivity index (χ0n) is 16.1. The van der Waals surface area contributed by atoms with Crippen LogP contribution in [-0.4, -0.2) is 45.4 Å². The molecule has 6 nitrogen and oxygen atoms in total. The lowest BCUT2D eigenvalue weighted by molar-refractivity contribution is -0.136. The van der Waals surface area contributed by atoms with Gasteiger partial charge in [0.2, 0.25) is 11.0 Å². The van der Waals surface area contributed by atoms with Gasteiger partial charge in [-0.05, 0) is 52.2 Å². The lowest BCUT2D eigenvalue weighted by Crippen LogP contribution is -2.50. The molecule has 0 radical (unpaired) electrons. The Morgan fingerprint density at radius 1 is 1.30 bits per heavy atom. The molecule has 1 N–H and O–H groups in total. The molecule has 3 rings (SSSR count). The maximum absolute atomic E-state index is 12.9.